The zero-order chi connectivity index (χ0) is 14.0. The Balaban J connectivity index is 1.75. The van der Waals surface area contributed by atoms with Crippen LogP contribution < -0.4 is 5.32 Å². The normalized spacial score (nSPS) is 22.9. The van der Waals surface area contributed by atoms with Gasteiger partial charge in [-0.15, -0.1) is 0 Å². The number of amides is 1. The number of rotatable bonds is 4. The molecule has 3 rings (SSSR count). The number of aromatic amines is 1. The minimum atomic E-state index is -0.157. The summed E-state index contributed by atoms with van der Waals surface area (Å²) in [5, 5.41) is 4.29. The Kier molecular flexibility index (Phi) is 3.51. The summed E-state index contributed by atoms with van der Waals surface area (Å²) in [7, 11) is 0. The van der Waals surface area contributed by atoms with Crippen LogP contribution in [0.1, 0.15) is 38.3 Å². The summed E-state index contributed by atoms with van der Waals surface area (Å²) in [6, 6.07) is 10.5. The van der Waals surface area contributed by atoms with Crippen molar-refractivity contribution >= 4 is 16.8 Å². The Morgan fingerprint density at radius 3 is 2.90 bits per heavy atom. The molecule has 2 heterocycles. The number of carbonyl (C=O) groups is 1. The summed E-state index contributed by atoms with van der Waals surface area (Å²) in [6.07, 6.45) is 4.93. The van der Waals surface area contributed by atoms with Gasteiger partial charge in [0.05, 0.1) is 0 Å². The van der Waals surface area contributed by atoms with Crippen LogP contribution in [0.15, 0.2) is 30.3 Å². The second-order valence-corrected chi connectivity index (χ2v) is 5.88. The fraction of sp³-hybridized carbons (Fsp3) is 0.471. The molecule has 1 saturated heterocycles. The molecule has 1 unspecified atom stereocenters. The number of fused-ring (bicyclic) bond motifs is 1. The van der Waals surface area contributed by atoms with Crippen LogP contribution in [0.25, 0.3) is 10.9 Å². The maximum Gasteiger partial charge on any atom is 0.226 e. The molecule has 3 nitrogen and oxygen atoms in total. The predicted octanol–water partition coefficient (Wildman–Crippen LogP) is 3.41. The van der Waals surface area contributed by atoms with Gasteiger partial charge in [-0.2, -0.15) is 0 Å². The molecule has 0 aliphatic carbocycles. The standard InChI is InChI=1S/C17H22N2O/c1-2-17(9-5-11-18-16(17)20)10-8-14-12-13-6-3-4-7-15(13)19-14/h3-4,6-7,12,19H,2,5,8-11H2,1H3,(H,18,20). The molecule has 20 heavy (non-hydrogen) atoms. The van der Waals surface area contributed by atoms with Crippen LogP contribution in [0.5, 0.6) is 0 Å². The molecule has 3 heteroatoms. The van der Waals surface area contributed by atoms with E-state index < -0.39 is 0 Å². The second kappa shape index (κ2) is 5.31. The summed E-state index contributed by atoms with van der Waals surface area (Å²) >= 11 is 0. The van der Waals surface area contributed by atoms with E-state index in [0.717, 1.165) is 38.6 Å². The Bertz CT molecular complexity index is 583. The fourth-order valence-corrected chi connectivity index (χ4v) is 3.32. The monoisotopic (exact) mass is 270 g/mol. The number of benzene rings is 1. The third-order valence-corrected chi connectivity index (χ3v) is 4.73. The van der Waals surface area contributed by atoms with Crippen LogP contribution in [0.4, 0.5) is 0 Å². The highest BCUT2D eigenvalue weighted by molar-refractivity contribution is 5.83. The molecule has 0 spiro atoms. The molecule has 1 aromatic heterocycles. The van der Waals surface area contributed by atoms with Gasteiger partial charge in [-0.3, -0.25) is 4.79 Å². The van der Waals surface area contributed by atoms with Crippen LogP contribution in [0.3, 0.4) is 0 Å². The lowest BCUT2D eigenvalue weighted by molar-refractivity contribution is -0.134. The van der Waals surface area contributed by atoms with Gasteiger partial charge in [0.25, 0.3) is 0 Å². The zero-order valence-electron chi connectivity index (χ0n) is 12.0. The summed E-state index contributed by atoms with van der Waals surface area (Å²) < 4.78 is 0. The highest BCUT2D eigenvalue weighted by Crippen LogP contribution is 2.36. The Morgan fingerprint density at radius 2 is 2.15 bits per heavy atom. The lowest BCUT2D eigenvalue weighted by Crippen LogP contribution is -2.45. The van der Waals surface area contributed by atoms with Crippen LogP contribution in [0, 0.1) is 5.41 Å². The van der Waals surface area contributed by atoms with E-state index >= 15 is 0 Å². The van der Waals surface area contributed by atoms with Crippen molar-refractivity contribution in [2.75, 3.05) is 6.54 Å². The van der Waals surface area contributed by atoms with Crippen molar-refractivity contribution in [3.63, 3.8) is 0 Å². The molecule has 0 radical (unpaired) electrons. The van der Waals surface area contributed by atoms with Crippen LogP contribution in [0.2, 0.25) is 0 Å². The van der Waals surface area contributed by atoms with Crippen LogP contribution in [-0.4, -0.2) is 17.4 Å². The van der Waals surface area contributed by atoms with Crippen LogP contribution >= 0.6 is 0 Å². The first-order valence-electron chi connectivity index (χ1n) is 7.58. The number of aromatic nitrogens is 1. The molecule has 1 atom stereocenters. The number of hydrogen-bond acceptors (Lipinski definition) is 1. The number of H-pyrrole nitrogens is 1. The molecule has 1 amide bonds. The molecule has 2 aromatic rings. The number of hydrogen-bond donors (Lipinski definition) is 2. The highest BCUT2D eigenvalue weighted by Gasteiger charge is 2.37. The van der Waals surface area contributed by atoms with E-state index in [1.165, 1.54) is 16.6 Å². The first-order valence-corrected chi connectivity index (χ1v) is 7.58. The average molecular weight is 270 g/mol. The summed E-state index contributed by atoms with van der Waals surface area (Å²) in [5.41, 5.74) is 2.26. The lowest BCUT2D eigenvalue weighted by atomic mass is 9.74. The third-order valence-electron chi connectivity index (χ3n) is 4.73. The topological polar surface area (TPSA) is 44.9 Å². The summed E-state index contributed by atoms with van der Waals surface area (Å²) in [4.78, 5) is 15.7. The molecule has 0 saturated carbocycles. The maximum absolute atomic E-state index is 12.2. The van der Waals surface area contributed by atoms with Crippen molar-refractivity contribution in [1.82, 2.24) is 10.3 Å². The van der Waals surface area contributed by atoms with Crippen LogP contribution in [-0.2, 0) is 11.2 Å². The van der Waals surface area contributed by atoms with Crippen molar-refractivity contribution in [2.24, 2.45) is 5.41 Å². The Labute approximate surface area is 119 Å². The molecule has 1 aliphatic rings. The minimum absolute atomic E-state index is 0.157. The minimum Gasteiger partial charge on any atom is -0.358 e. The van der Waals surface area contributed by atoms with Gasteiger partial charge >= 0.3 is 0 Å². The van der Waals surface area contributed by atoms with Gasteiger partial charge in [0, 0.05) is 23.2 Å². The first-order chi connectivity index (χ1) is 9.73. The second-order valence-electron chi connectivity index (χ2n) is 5.88. The highest BCUT2D eigenvalue weighted by atomic mass is 16.2. The lowest BCUT2D eigenvalue weighted by Gasteiger charge is -2.35. The summed E-state index contributed by atoms with van der Waals surface area (Å²) in [5.74, 6) is 0.252. The van der Waals surface area contributed by atoms with E-state index in [4.69, 9.17) is 0 Å². The van der Waals surface area contributed by atoms with Crippen molar-refractivity contribution in [1.29, 1.82) is 0 Å². The Morgan fingerprint density at radius 1 is 1.30 bits per heavy atom. The molecule has 2 N–H and O–H groups in total. The molecular weight excluding hydrogens is 248 g/mol. The van der Waals surface area contributed by atoms with E-state index in [9.17, 15) is 4.79 Å². The number of carbonyl (C=O) groups excluding carboxylic acids is 1. The number of piperidine rings is 1. The summed E-state index contributed by atoms with van der Waals surface area (Å²) in [6.45, 7) is 2.98. The SMILES string of the molecule is CCC1(CCc2cc3ccccc3[nH]2)CCCNC1=O. The average Bonchev–Trinajstić information content (AvgIpc) is 2.90. The van der Waals surface area contributed by atoms with Crippen molar-refractivity contribution in [2.45, 2.75) is 39.0 Å². The molecule has 106 valence electrons. The van der Waals surface area contributed by atoms with Gasteiger partial charge in [-0.05, 0) is 49.6 Å². The molecule has 1 fully saturated rings. The molecule has 1 aliphatic heterocycles. The van der Waals surface area contributed by atoms with Crippen molar-refractivity contribution in [3.8, 4) is 0 Å². The first kappa shape index (κ1) is 13.2. The van der Waals surface area contributed by atoms with Crippen molar-refractivity contribution in [3.05, 3.63) is 36.0 Å². The van der Waals surface area contributed by atoms with Gasteiger partial charge < -0.3 is 10.3 Å². The number of aryl methyl sites for hydroxylation is 1. The maximum atomic E-state index is 12.2. The number of para-hydroxylation sites is 1. The van der Waals surface area contributed by atoms with Gasteiger partial charge in [0.1, 0.15) is 0 Å². The molecule has 0 bridgehead atoms. The predicted molar refractivity (Wildman–Crippen MR) is 81.6 cm³/mol. The van der Waals surface area contributed by atoms with Gasteiger partial charge in [0.15, 0.2) is 0 Å². The smallest absolute Gasteiger partial charge is 0.226 e. The van der Waals surface area contributed by atoms with E-state index in [1.807, 2.05) is 6.07 Å². The quantitative estimate of drug-likeness (QED) is 0.878. The Hall–Kier alpha value is -1.77. The molecular formula is C17H22N2O. The van der Waals surface area contributed by atoms with Gasteiger partial charge in [-0.25, -0.2) is 0 Å². The van der Waals surface area contributed by atoms with E-state index in [2.05, 4.69) is 41.5 Å². The largest absolute Gasteiger partial charge is 0.358 e. The van der Waals surface area contributed by atoms with E-state index in [-0.39, 0.29) is 11.3 Å². The van der Waals surface area contributed by atoms with Gasteiger partial charge in [-0.1, -0.05) is 25.1 Å². The number of nitrogens with one attached hydrogen (secondary N) is 2. The third kappa shape index (κ3) is 2.33. The zero-order valence-corrected chi connectivity index (χ0v) is 12.0. The van der Waals surface area contributed by atoms with Crippen molar-refractivity contribution < 1.29 is 4.79 Å². The van der Waals surface area contributed by atoms with E-state index in [1.54, 1.807) is 0 Å². The van der Waals surface area contributed by atoms with E-state index in [0.29, 0.717) is 0 Å². The fourth-order valence-electron chi connectivity index (χ4n) is 3.32. The van der Waals surface area contributed by atoms with Gasteiger partial charge in [0.2, 0.25) is 5.91 Å². The molecule has 1 aromatic carbocycles.